The summed E-state index contributed by atoms with van der Waals surface area (Å²) < 4.78 is 53.3. The Balaban J connectivity index is 1.88. The molecule has 25 heavy (non-hydrogen) atoms. The Morgan fingerprint density at radius 2 is 1.96 bits per heavy atom. The largest absolute Gasteiger partial charge is 0.417 e. The Kier molecular flexibility index (Phi) is 4.70. The highest BCUT2D eigenvalue weighted by Gasteiger charge is 2.32. The molecule has 0 aliphatic heterocycles. The summed E-state index contributed by atoms with van der Waals surface area (Å²) in [7, 11) is 0. The number of nitrogens with zero attached hydrogens (tertiary/aromatic N) is 3. The van der Waals surface area contributed by atoms with Crippen molar-refractivity contribution in [2.75, 3.05) is 5.75 Å². The second-order valence-corrected chi connectivity index (χ2v) is 6.29. The number of halogens is 5. The number of carbonyl (C=O) groups is 1. The number of alkyl halides is 3. The lowest BCUT2D eigenvalue weighted by molar-refractivity contribution is -0.137. The lowest BCUT2D eigenvalue weighted by Gasteiger charge is -2.08. The number of benzene rings is 1. The molecule has 0 amide bonds. The van der Waals surface area contributed by atoms with Crippen LogP contribution in [0.1, 0.15) is 15.9 Å². The van der Waals surface area contributed by atoms with Crippen molar-refractivity contribution in [3.8, 4) is 0 Å². The molecule has 0 radical (unpaired) electrons. The van der Waals surface area contributed by atoms with Gasteiger partial charge in [0.05, 0.1) is 21.9 Å². The minimum Gasteiger partial charge on any atom is -0.293 e. The first-order valence-electron chi connectivity index (χ1n) is 6.79. The molecule has 3 aromatic rings. The van der Waals surface area contributed by atoms with Crippen LogP contribution in [0, 0.1) is 5.82 Å². The van der Waals surface area contributed by atoms with Crippen molar-refractivity contribution in [2.24, 2.45) is 0 Å². The third kappa shape index (κ3) is 3.62. The zero-order valence-electron chi connectivity index (χ0n) is 12.2. The van der Waals surface area contributed by atoms with Gasteiger partial charge in [-0.05, 0) is 18.2 Å². The first-order valence-corrected chi connectivity index (χ1v) is 8.15. The van der Waals surface area contributed by atoms with E-state index in [4.69, 9.17) is 11.6 Å². The summed E-state index contributed by atoms with van der Waals surface area (Å²) in [6, 6.07) is 6.21. The highest BCUT2D eigenvalue weighted by molar-refractivity contribution is 7.99. The molecule has 2 aromatic heterocycles. The summed E-state index contributed by atoms with van der Waals surface area (Å²) in [5.74, 6) is -1.39. The van der Waals surface area contributed by atoms with Crippen molar-refractivity contribution in [1.82, 2.24) is 14.6 Å². The van der Waals surface area contributed by atoms with Gasteiger partial charge in [-0.15, -0.1) is 10.2 Å². The normalized spacial score (nSPS) is 11.9. The van der Waals surface area contributed by atoms with E-state index in [9.17, 15) is 22.4 Å². The van der Waals surface area contributed by atoms with Gasteiger partial charge in [0.2, 0.25) is 0 Å². The van der Waals surface area contributed by atoms with Gasteiger partial charge >= 0.3 is 6.18 Å². The van der Waals surface area contributed by atoms with Gasteiger partial charge < -0.3 is 0 Å². The number of hydrogen-bond donors (Lipinski definition) is 0. The molecule has 0 saturated heterocycles. The molecule has 0 saturated carbocycles. The van der Waals surface area contributed by atoms with Gasteiger partial charge in [-0.25, -0.2) is 4.39 Å². The van der Waals surface area contributed by atoms with Crippen molar-refractivity contribution in [1.29, 1.82) is 0 Å². The fraction of sp³-hybridized carbons (Fsp3) is 0.133. The molecule has 0 spiro atoms. The van der Waals surface area contributed by atoms with E-state index in [0.717, 1.165) is 34.5 Å². The summed E-state index contributed by atoms with van der Waals surface area (Å²) in [5.41, 5.74) is -1.03. The van der Waals surface area contributed by atoms with Gasteiger partial charge in [-0.2, -0.15) is 13.2 Å². The molecule has 2 heterocycles. The first-order chi connectivity index (χ1) is 11.8. The van der Waals surface area contributed by atoms with Crippen LogP contribution >= 0.6 is 23.4 Å². The van der Waals surface area contributed by atoms with E-state index in [1.165, 1.54) is 18.2 Å². The molecule has 4 nitrogen and oxygen atoms in total. The molecule has 0 aliphatic rings. The smallest absolute Gasteiger partial charge is 0.293 e. The van der Waals surface area contributed by atoms with Crippen LogP contribution in [0.5, 0.6) is 0 Å². The van der Waals surface area contributed by atoms with Gasteiger partial charge in [0.1, 0.15) is 5.82 Å². The van der Waals surface area contributed by atoms with Crippen molar-refractivity contribution >= 4 is 34.8 Å². The molecule has 0 unspecified atom stereocenters. The van der Waals surface area contributed by atoms with E-state index in [1.54, 1.807) is 0 Å². The average molecular weight is 390 g/mol. The Morgan fingerprint density at radius 1 is 1.24 bits per heavy atom. The Morgan fingerprint density at radius 3 is 2.64 bits per heavy atom. The van der Waals surface area contributed by atoms with Crippen LogP contribution in [-0.4, -0.2) is 26.1 Å². The fourth-order valence-electron chi connectivity index (χ4n) is 2.08. The molecule has 0 fully saturated rings. The third-order valence-electron chi connectivity index (χ3n) is 3.26. The molecule has 1 aromatic carbocycles. The molecule has 3 rings (SSSR count). The molecule has 0 atom stereocenters. The molecule has 0 N–H and O–H groups in total. The van der Waals surface area contributed by atoms with Gasteiger partial charge in [0.25, 0.3) is 0 Å². The number of aromatic nitrogens is 3. The number of pyridine rings is 1. The van der Waals surface area contributed by atoms with E-state index >= 15 is 0 Å². The quantitative estimate of drug-likeness (QED) is 0.374. The van der Waals surface area contributed by atoms with Crippen molar-refractivity contribution in [2.45, 2.75) is 11.3 Å². The van der Waals surface area contributed by atoms with Gasteiger partial charge in [0, 0.05) is 6.20 Å². The van der Waals surface area contributed by atoms with Gasteiger partial charge in [0.15, 0.2) is 16.6 Å². The Bertz CT molecular complexity index is 958. The summed E-state index contributed by atoms with van der Waals surface area (Å²) in [5, 5.41) is 7.30. The minimum absolute atomic E-state index is 0.0375. The van der Waals surface area contributed by atoms with Crippen LogP contribution in [0.4, 0.5) is 17.6 Å². The van der Waals surface area contributed by atoms with Crippen molar-refractivity contribution in [3.05, 3.63) is 58.5 Å². The lowest BCUT2D eigenvalue weighted by Crippen LogP contribution is -2.08. The Labute approximate surface area is 147 Å². The summed E-state index contributed by atoms with van der Waals surface area (Å²) >= 11 is 6.66. The number of rotatable bonds is 4. The summed E-state index contributed by atoms with van der Waals surface area (Å²) in [6.45, 7) is 0. The monoisotopic (exact) mass is 389 g/mol. The van der Waals surface area contributed by atoms with Crippen molar-refractivity contribution < 1.29 is 22.4 Å². The average Bonchev–Trinajstić information content (AvgIpc) is 2.96. The van der Waals surface area contributed by atoms with Crippen LogP contribution < -0.4 is 0 Å². The number of hydrogen-bond acceptors (Lipinski definition) is 4. The topological polar surface area (TPSA) is 47.3 Å². The Hall–Kier alpha value is -2.13. The van der Waals surface area contributed by atoms with Gasteiger partial charge in [-0.1, -0.05) is 35.5 Å². The highest BCUT2D eigenvalue weighted by Crippen LogP contribution is 2.33. The molecule has 130 valence electrons. The molecular formula is C15H8ClF4N3OS. The van der Waals surface area contributed by atoms with E-state index in [1.807, 2.05) is 0 Å². The first kappa shape index (κ1) is 17.7. The van der Waals surface area contributed by atoms with Gasteiger partial charge in [-0.3, -0.25) is 9.20 Å². The van der Waals surface area contributed by atoms with Crippen LogP contribution in [0.15, 0.2) is 41.7 Å². The van der Waals surface area contributed by atoms with Crippen LogP contribution in [0.25, 0.3) is 5.65 Å². The second-order valence-electron chi connectivity index (χ2n) is 4.94. The number of carbonyl (C=O) groups excluding carboxylic acids is 1. The maximum atomic E-state index is 13.6. The maximum absolute atomic E-state index is 13.6. The van der Waals surface area contributed by atoms with E-state index < -0.39 is 23.3 Å². The molecule has 0 aliphatic carbocycles. The van der Waals surface area contributed by atoms with Crippen LogP contribution in [0.2, 0.25) is 5.02 Å². The molecular weight excluding hydrogens is 382 g/mol. The highest BCUT2D eigenvalue weighted by atomic mass is 35.5. The minimum atomic E-state index is -4.59. The van der Waals surface area contributed by atoms with Crippen molar-refractivity contribution in [3.63, 3.8) is 0 Å². The van der Waals surface area contributed by atoms with E-state index in [-0.39, 0.29) is 27.1 Å². The predicted molar refractivity (Wildman–Crippen MR) is 84.5 cm³/mol. The zero-order chi connectivity index (χ0) is 18.2. The SMILES string of the molecule is O=C(CSc1nnc2c(Cl)cc(C(F)(F)F)cn12)c1ccccc1F. The predicted octanol–water partition coefficient (Wildman–Crippen LogP) is 4.52. The number of Topliss-reactive ketones (excluding diaryl/α,β-unsaturated/α-hetero) is 1. The van der Waals surface area contributed by atoms with E-state index in [0.29, 0.717) is 0 Å². The number of fused-ring (bicyclic) bond motifs is 1. The summed E-state index contributed by atoms with van der Waals surface area (Å²) in [4.78, 5) is 12.1. The van der Waals surface area contributed by atoms with Crippen LogP contribution in [0.3, 0.4) is 0 Å². The fourth-order valence-corrected chi connectivity index (χ4v) is 3.12. The number of ketones is 1. The third-order valence-corrected chi connectivity index (χ3v) is 4.48. The second kappa shape index (κ2) is 6.64. The lowest BCUT2D eigenvalue weighted by atomic mass is 10.1. The maximum Gasteiger partial charge on any atom is 0.417 e. The number of thioether (sulfide) groups is 1. The molecule has 10 heteroatoms. The van der Waals surface area contributed by atoms with Crippen LogP contribution in [-0.2, 0) is 6.18 Å². The molecule has 0 bridgehead atoms. The zero-order valence-corrected chi connectivity index (χ0v) is 13.8. The van der Waals surface area contributed by atoms with E-state index in [2.05, 4.69) is 10.2 Å². The standard InChI is InChI=1S/C15H8ClF4N3OS/c16-10-5-8(15(18,19)20)6-23-13(10)21-22-14(23)25-7-12(24)9-3-1-2-4-11(9)17/h1-6H,7H2. The summed E-state index contributed by atoms with van der Waals surface area (Å²) in [6.07, 6.45) is -3.79.